The highest BCUT2D eigenvalue weighted by Crippen LogP contribution is 2.28. The summed E-state index contributed by atoms with van der Waals surface area (Å²) < 4.78 is 13.1. The zero-order chi connectivity index (χ0) is 11.5. The monoisotopic (exact) mass is 219 g/mol. The average molecular weight is 219 g/mol. The maximum Gasteiger partial charge on any atom is 0.125 e. The van der Waals surface area contributed by atoms with Gasteiger partial charge in [-0.3, -0.25) is 0 Å². The molecular formula is C12H14FN3. The molecule has 1 aromatic carbocycles. The van der Waals surface area contributed by atoms with Crippen LogP contribution >= 0.6 is 0 Å². The molecule has 2 rings (SSSR count). The van der Waals surface area contributed by atoms with Crippen molar-refractivity contribution in [2.45, 2.75) is 18.9 Å². The van der Waals surface area contributed by atoms with E-state index in [4.69, 9.17) is 11.0 Å². The maximum absolute atomic E-state index is 13.1. The minimum Gasteiger partial charge on any atom is -0.371 e. The van der Waals surface area contributed by atoms with Gasteiger partial charge in [0.25, 0.3) is 0 Å². The van der Waals surface area contributed by atoms with Gasteiger partial charge in [-0.05, 0) is 30.5 Å². The molecule has 84 valence electrons. The number of anilines is 1. The molecular weight excluding hydrogens is 205 g/mol. The highest BCUT2D eigenvalue weighted by molar-refractivity contribution is 5.58. The molecule has 0 aliphatic carbocycles. The van der Waals surface area contributed by atoms with E-state index in [1.165, 1.54) is 11.6 Å². The van der Waals surface area contributed by atoms with Crippen molar-refractivity contribution in [2.75, 3.05) is 18.0 Å². The lowest BCUT2D eigenvalue weighted by atomic mass is 10.1. The van der Waals surface area contributed by atoms with Crippen LogP contribution in [0.15, 0.2) is 18.2 Å². The number of benzene rings is 1. The van der Waals surface area contributed by atoms with Gasteiger partial charge in [0.05, 0.1) is 12.1 Å². The fourth-order valence-corrected chi connectivity index (χ4v) is 2.01. The molecule has 1 atom stereocenters. The highest BCUT2D eigenvalue weighted by atomic mass is 19.1. The lowest BCUT2D eigenvalue weighted by Crippen LogP contribution is -2.28. The van der Waals surface area contributed by atoms with Crippen molar-refractivity contribution in [3.63, 3.8) is 0 Å². The van der Waals surface area contributed by atoms with Crippen LogP contribution in [-0.2, 0) is 6.42 Å². The van der Waals surface area contributed by atoms with Gasteiger partial charge < -0.3 is 10.6 Å². The summed E-state index contributed by atoms with van der Waals surface area (Å²) in [6.45, 7) is 1.60. The quantitative estimate of drug-likeness (QED) is 0.836. The van der Waals surface area contributed by atoms with Crippen molar-refractivity contribution in [3.8, 4) is 6.07 Å². The van der Waals surface area contributed by atoms with Crippen molar-refractivity contribution < 1.29 is 4.39 Å². The molecule has 0 saturated heterocycles. The molecule has 0 amide bonds. The lowest BCUT2D eigenvalue weighted by molar-refractivity contribution is 0.626. The Morgan fingerprint density at radius 2 is 2.38 bits per heavy atom. The van der Waals surface area contributed by atoms with E-state index < -0.39 is 6.04 Å². The Bertz CT molecular complexity index is 425. The summed E-state index contributed by atoms with van der Waals surface area (Å²) in [7, 11) is 0. The molecule has 0 saturated carbocycles. The number of nitrogens with zero attached hydrogens (tertiary/aromatic N) is 2. The molecule has 0 radical (unpaired) electrons. The van der Waals surface area contributed by atoms with Crippen molar-refractivity contribution in [3.05, 3.63) is 29.6 Å². The SMILES string of the molecule is N#CC(N)CCN1CCc2ccc(F)cc21. The molecule has 0 bridgehead atoms. The van der Waals surface area contributed by atoms with E-state index in [1.807, 2.05) is 12.1 Å². The largest absolute Gasteiger partial charge is 0.371 e. The second-order valence-corrected chi connectivity index (χ2v) is 4.03. The minimum absolute atomic E-state index is 0.213. The van der Waals surface area contributed by atoms with Gasteiger partial charge >= 0.3 is 0 Å². The van der Waals surface area contributed by atoms with E-state index in [2.05, 4.69) is 4.90 Å². The van der Waals surface area contributed by atoms with Crippen LogP contribution in [0, 0.1) is 17.1 Å². The number of hydrogen-bond acceptors (Lipinski definition) is 3. The third-order valence-corrected chi connectivity index (χ3v) is 2.91. The molecule has 1 heterocycles. The minimum atomic E-state index is -0.433. The fourth-order valence-electron chi connectivity index (χ4n) is 2.01. The van der Waals surface area contributed by atoms with Crippen LogP contribution in [0.2, 0.25) is 0 Å². The van der Waals surface area contributed by atoms with E-state index in [0.29, 0.717) is 13.0 Å². The molecule has 3 nitrogen and oxygen atoms in total. The summed E-state index contributed by atoms with van der Waals surface area (Å²) in [6, 6.07) is 6.44. The van der Waals surface area contributed by atoms with E-state index >= 15 is 0 Å². The van der Waals surface area contributed by atoms with Gasteiger partial charge in [0, 0.05) is 18.8 Å². The molecule has 2 N–H and O–H groups in total. The first-order chi connectivity index (χ1) is 7.70. The first kappa shape index (κ1) is 10.9. The van der Waals surface area contributed by atoms with Crippen LogP contribution in [0.5, 0.6) is 0 Å². The van der Waals surface area contributed by atoms with E-state index in [9.17, 15) is 4.39 Å². The standard InChI is InChI=1S/C12H14FN3/c13-10-2-1-9-3-5-16(12(9)7-10)6-4-11(15)8-14/h1-2,7,11H,3-6,15H2. The molecule has 0 spiro atoms. The Morgan fingerprint density at radius 3 is 3.12 bits per heavy atom. The third-order valence-electron chi connectivity index (χ3n) is 2.91. The summed E-state index contributed by atoms with van der Waals surface area (Å²) in [5.41, 5.74) is 7.66. The Labute approximate surface area is 94.3 Å². The zero-order valence-corrected chi connectivity index (χ0v) is 8.99. The molecule has 0 aromatic heterocycles. The predicted molar refractivity (Wildman–Crippen MR) is 60.5 cm³/mol. The number of hydrogen-bond donors (Lipinski definition) is 1. The summed E-state index contributed by atoms with van der Waals surface area (Å²) >= 11 is 0. The molecule has 1 aromatic rings. The van der Waals surface area contributed by atoms with Crippen molar-refractivity contribution >= 4 is 5.69 Å². The average Bonchev–Trinajstić information content (AvgIpc) is 2.68. The molecule has 1 aliphatic heterocycles. The summed E-state index contributed by atoms with van der Waals surface area (Å²) in [5.74, 6) is -0.213. The van der Waals surface area contributed by atoms with Crippen molar-refractivity contribution in [1.82, 2.24) is 0 Å². The summed E-state index contributed by atoms with van der Waals surface area (Å²) in [4.78, 5) is 2.09. The van der Waals surface area contributed by atoms with E-state index in [0.717, 1.165) is 18.7 Å². The fraction of sp³-hybridized carbons (Fsp3) is 0.417. The Balaban J connectivity index is 2.06. The lowest BCUT2D eigenvalue weighted by Gasteiger charge is -2.19. The van der Waals surface area contributed by atoms with Gasteiger partial charge in [0.1, 0.15) is 5.82 Å². The first-order valence-electron chi connectivity index (χ1n) is 5.39. The van der Waals surface area contributed by atoms with Gasteiger partial charge in [-0.25, -0.2) is 4.39 Å². The van der Waals surface area contributed by atoms with Crippen LogP contribution in [0.4, 0.5) is 10.1 Å². The van der Waals surface area contributed by atoms with Crippen molar-refractivity contribution in [1.29, 1.82) is 5.26 Å². The second-order valence-electron chi connectivity index (χ2n) is 4.03. The Morgan fingerprint density at radius 1 is 1.56 bits per heavy atom. The molecule has 16 heavy (non-hydrogen) atoms. The van der Waals surface area contributed by atoms with Crippen LogP contribution in [0.3, 0.4) is 0 Å². The Kier molecular flexibility index (Phi) is 3.07. The normalized spacial score (nSPS) is 15.7. The number of rotatable bonds is 3. The van der Waals surface area contributed by atoms with Crippen LogP contribution in [-0.4, -0.2) is 19.1 Å². The molecule has 4 heteroatoms. The Hall–Kier alpha value is -1.60. The van der Waals surface area contributed by atoms with Crippen LogP contribution in [0.1, 0.15) is 12.0 Å². The van der Waals surface area contributed by atoms with E-state index in [1.54, 1.807) is 6.07 Å². The summed E-state index contributed by atoms with van der Waals surface area (Å²) in [5, 5.41) is 8.59. The maximum atomic E-state index is 13.1. The third kappa shape index (κ3) is 2.15. The first-order valence-corrected chi connectivity index (χ1v) is 5.39. The number of fused-ring (bicyclic) bond motifs is 1. The number of nitriles is 1. The van der Waals surface area contributed by atoms with E-state index in [-0.39, 0.29) is 5.82 Å². The predicted octanol–water partition coefficient (Wildman–Crippen LogP) is 1.43. The van der Waals surface area contributed by atoms with Crippen LogP contribution in [0.25, 0.3) is 0 Å². The molecule has 1 unspecified atom stereocenters. The van der Waals surface area contributed by atoms with Gasteiger partial charge in [0.2, 0.25) is 0 Å². The van der Waals surface area contributed by atoms with Gasteiger partial charge in [-0.15, -0.1) is 0 Å². The molecule has 0 fully saturated rings. The zero-order valence-electron chi connectivity index (χ0n) is 8.99. The number of halogens is 1. The van der Waals surface area contributed by atoms with Gasteiger partial charge in [-0.2, -0.15) is 5.26 Å². The molecule has 1 aliphatic rings. The van der Waals surface area contributed by atoms with Crippen molar-refractivity contribution in [2.24, 2.45) is 5.73 Å². The van der Waals surface area contributed by atoms with Crippen LogP contribution < -0.4 is 10.6 Å². The van der Waals surface area contributed by atoms with Gasteiger partial charge in [-0.1, -0.05) is 6.07 Å². The smallest absolute Gasteiger partial charge is 0.125 e. The van der Waals surface area contributed by atoms with Gasteiger partial charge in [0.15, 0.2) is 0 Å². The number of nitrogens with two attached hydrogens (primary N) is 1. The topological polar surface area (TPSA) is 53.1 Å². The highest BCUT2D eigenvalue weighted by Gasteiger charge is 2.19. The second kappa shape index (κ2) is 4.50. The summed E-state index contributed by atoms with van der Waals surface area (Å²) in [6.07, 6.45) is 1.56.